The Morgan fingerprint density at radius 1 is 1.32 bits per heavy atom. The Kier molecular flexibility index (Phi) is 3.14. The number of nitrogens with two attached hydrogens (primary N) is 1. The molecule has 1 heterocycles. The molecule has 19 heavy (non-hydrogen) atoms. The molecule has 0 aliphatic carbocycles. The molecule has 0 aliphatic rings. The normalized spacial score (nSPS) is 11.6. The Hall–Kier alpha value is -2.17. The van der Waals surface area contributed by atoms with E-state index in [-0.39, 0.29) is 17.1 Å². The fourth-order valence-corrected chi connectivity index (χ4v) is 1.86. The number of nitrogens with zero attached hydrogens (tertiary/aromatic N) is 1. The van der Waals surface area contributed by atoms with Crippen LogP contribution >= 0.6 is 0 Å². The van der Waals surface area contributed by atoms with Crippen LogP contribution in [0.4, 0.5) is 10.1 Å². The van der Waals surface area contributed by atoms with Crippen molar-refractivity contribution in [2.24, 2.45) is 0 Å². The zero-order chi connectivity index (χ0) is 14.2. The van der Waals surface area contributed by atoms with Gasteiger partial charge in [-0.05, 0) is 39.0 Å². The Morgan fingerprint density at radius 3 is 2.63 bits per heavy atom. The lowest BCUT2D eigenvalue weighted by atomic mass is 10.1. The molecule has 0 fully saturated rings. The molecule has 1 amide bonds. The number of nitrogens with one attached hydrogen (secondary N) is 1. The third-order valence-corrected chi connectivity index (χ3v) is 2.58. The summed E-state index contributed by atoms with van der Waals surface area (Å²) in [6, 6.07) is 4.17. The maximum absolute atomic E-state index is 13.4. The number of anilines is 1. The van der Waals surface area contributed by atoms with Crippen LogP contribution in [0.5, 0.6) is 0 Å². The first-order valence-corrected chi connectivity index (χ1v) is 5.94. The number of pyridine rings is 1. The number of halogens is 1. The second-order valence-electron chi connectivity index (χ2n) is 5.45. The van der Waals surface area contributed by atoms with Crippen molar-refractivity contribution in [1.82, 2.24) is 10.3 Å². The summed E-state index contributed by atoms with van der Waals surface area (Å²) in [5.74, 6) is -0.828. The van der Waals surface area contributed by atoms with Gasteiger partial charge in [-0.3, -0.25) is 9.78 Å². The highest BCUT2D eigenvalue weighted by molar-refractivity contribution is 6.08. The van der Waals surface area contributed by atoms with Gasteiger partial charge in [0.1, 0.15) is 11.5 Å². The fourth-order valence-electron chi connectivity index (χ4n) is 1.86. The third kappa shape index (κ3) is 2.81. The Morgan fingerprint density at radius 2 is 2.00 bits per heavy atom. The molecule has 5 heteroatoms. The Balaban J connectivity index is 2.58. The molecule has 2 aromatic rings. The highest BCUT2D eigenvalue weighted by Crippen LogP contribution is 2.24. The molecule has 0 atom stereocenters. The van der Waals surface area contributed by atoms with Crippen LogP contribution in [0.25, 0.3) is 10.8 Å². The zero-order valence-electron chi connectivity index (χ0n) is 11.1. The van der Waals surface area contributed by atoms with Gasteiger partial charge in [-0.15, -0.1) is 0 Å². The van der Waals surface area contributed by atoms with E-state index in [1.54, 1.807) is 6.07 Å². The van der Waals surface area contributed by atoms with Crippen molar-refractivity contribution in [1.29, 1.82) is 0 Å². The minimum atomic E-state index is -0.484. The summed E-state index contributed by atoms with van der Waals surface area (Å²) in [4.78, 5) is 16.2. The van der Waals surface area contributed by atoms with Gasteiger partial charge in [0.05, 0.1) is 0 Å². The van der Waals surface area contributed by atoms with Gasteiger partial charge in [0, 0.05) is 28.2 Å². The average Bonchev–Trinajstić information content (AvgIpc) is 2.25. The number of hydrogen-bond acceptors (Lipinski definition) is 3. The monoisotopic (exact) mass is 261 g/mol. The van der Waals surface area contributed by atoms with Crippen LogP contribution in [0.2, 0.25) is 0 Å². The van der Waals surface area contributed by atoms with Crippen molar-refractivity contribution < 1.29 is 9.18 Å². The first-order valence-electron chi connectivity index (χ1n) is 5.94. The topological polar surface area (TPSA) is 68.0 Å². The highest BCUT2D eigenvalue weighted by Gasteiger charge is 2.19. The van der Waals surface area contributed by atoms with Crippen molar-refractivity contribution in [3.05, 3.63) is 35.9 Å². The molecule has 100 valence electrons. The second-order valence-corrected chi connectivity index (χ2v) is 5.45. The van der Waals surface area contributed by atoms with Crippen LogP contribution in [-0.4, -0.2) is 16.4 Å². The summed E-state index contributed by atoms with van der Waals surface area (Å²) in [6.07, 6.45) is 1.49. The van der Waals surface area contributed by atoms with E-state index in [9.17, 15) is 9.18 Å². The molecular weight excluding hydrogens is 245 g/mol. The number of carbonyl (C=O) groups is 1. The van der Waals surface area contributed by atoms with Gasteiger partial charge in [-0.2, -0.15) is 0 Å². The summed E-state index contributed by atoms with van der Waals surface area (Å²) in [7, 11) is 0. The molecule has 3 N–H and O–H groups in total. The van der Waals surface area contributed by atoms with Crippen LogP contribution in [0, 0.1) is 5.82 Å². The van der Waals surface area contributed by atoms with Gasteiger partial charge in [0.25, 0.3) is 5.91 Å². The first-order chi connectivity index (χ1) is 8.78. The maximum atomic E-state index is 13.4. The zero-order valence-corrected chi connectivity index (χ0v) is 11.1. The number of amides is 1. The summed E-state index contributed by atoms with van der Waals surface area (Å²) < 4.78 is 13.4. The molecule has 0 bridgehead atoms. The summed E-state index contributed by atoms with van der Waals surface area (Å²) >= 11 is 0. The van der Waals surface area contributed by atoms with Gasteiger partial charge >= 0.3 is 0 Å². The lowest BCUT2D eigenvalue weighted by Gasteiger charge is -2.20. The van der Waals surface area contributed by atoms with Crippen LogP contribution in [0.3, 0.4) is 0 Å². The molecule has 0 saturated carbocycles. The van der Waals surface area contributed by atoms with Crippen molar-refractivity contribution in [3.63, 3.8) is 0 Å². The number of carbonyl (C=O) groups excluding carboxylic acids is 1. The van der Waals surface area contributed by atoms with Gasteiger partial charge < -0.3 is 11.1 Å². The summed E-state index contributed by atoms with van der Waals surface area (Å²) in [5.41, 5.74) is 5.84. The van der Waals surface area contributed by atoms with E-state index in [1.165, 1.54) is 18.3 Å². The summed E-state index contributed by atoms with van der Waals surface area (Å²) in [5, 5.41) is 3.84. The van der Waals surface area contributed by atoms with E-state index in [0.29, 0.717) is 16.5 Å². The molecule has 0 aliphatic heterocycles. The van der Waals surface area contributed by atoms with Gasteiger partial charge in [0.2, 0.25) is 0 Å². The van der Waals surface area contributed by atoms with Gasteiger partial charge in [-0.25, -0.2) is 4.39 Å². The molecule has 0 unspecified atom stereocenters. The van der Waals surface area contributed by atoms with Crippen LogP contribution in [0.1, 0.15) is 31.3 Å². The quantitative estimate of drug-likeness (QED) is 0.775. The molecule has 1 aromatic carbocycles. The smallest absolute Gasteiger partial charge is 0.270 e. The number of benzene rings is 1. The van der Waals surface area contributed by atoms with Crippen molar-refractivity contribution in [3.8, 4) is 0 Å². The SMILES string of the molecule is CC(C)(C)NC(=O)c1nccc2c(N)cc(F)cc12. The predicted octanol–water partition coefficient (Wildman–Crippen LogP) is 2.48. The van der Waals surface area contributed by atoms with Crippen LogP contribution < -0.4 is 11.1 Å². The number of fused-ring (bicyclic) bond motifs is 1. The third-order valence-electron chi connectivity index (χ3n) is 2.58. The Bertz CT molecular complexity index is 647. The number of aromatic nitrogens is 1. The van der Waals surface area contributed by atoms with E-state index < -0.39 is 5.82 Å². The Labute approximate surface area is 110 Å². The van der Waals surface area contributed by atoms with E-state index in [1.807, 2.05) is 20.8 Å². The van der Waals surface area contributed by atoms with E-state index in [4.69, 9.17) is 5.73 Å². The van der Waals surface area contributed by atoms with Crippen molar-refractivity contribution >= 4 is 22.4 Å². The highest BCUT2D eigenvalue weighted by atomic mass is 19.1. The molecule has 0 radical (unpaired) electrons. The van der Waals surface area contributed by atoms with E-state index in [0.717, 1.165) is 0 Å². The number of hydrogen-bond donors (Lipinski definition) is 2. The molecule has 0 saturated heterocycles. The molecule has 2 rings (SSSR count). The molecule has 0 spiro atoms. The van der Waals surface area contributed by atoms with Gasteiger partial charge in [0.15, 0.2) is 0 Å². The minimum absolute atomic E-state index is 0.179. The first kappa shape index (κ1) is 13.3. The lowest BCUT2D eigenvalue weighted by molar-refractivity contribution is 0.0916. The molecule has 1 aromatic heterocycles. The lowest BCUT2D eigenvalue weighted by Crippen LogP contribution is -2.41. The molecule has 4 nitrogen and oxygen atoms in total. The van der Waals surface area contributed by atoms with Gasteiger partial charge in [-0.1, -0.05) is 0 Å². The maximum Gasteiger partial charge on any atom is 0.270 e. The minimum Gasteiger partial charge on any atom is -0.398 e. The van der Waals surface area contributed by atoms with Crippen molar-refractivity contribution in [2.45, 2.75) is 26.3 Å². The second kappa shape index (κ2) is 4.50. The van der Waals surface area contributed by atoms with Crippen LogP contribution in [-0.2, 0) is 0 Å². The standard InChI is InChI=1S/C14H16FN3O/c1-14(2,3)18-13(19)12-10-6-8(15)7-11(16)9(10)4-5-17-12/h4-7H,16H2,1-3H3,(H,18,19). The van der Waals surface area contributed by atoms with E-state index in [2.05, 4.69) is 10.3 Å². The predicted molar refractivity (Wildman–Crippen MR) is 73.3 cm³/mol. The average molecular weight is 261 g/mol. The fraction of sp³-hybridized carbons (Fsp3) is 0.286. The molecular formula is C14H16FN3O. The van der Waals surface area contributed by atoms with E-state index >= 15 is 0 Å². The van der Waals surface area contributed by atoms with Crippen LogP contribution in [0.15, 0.2) is 24.4 Å². The number of rotatable bonds is 1. The number of nitrogen functional groups attached to an aromatic ring is 1. The van der Waals surface area contributed by atoms with Crippen molar-refractivity contribution in [2.75, 3.05) is 5.73 Å². The summed E-state index contributed by atoms with van der Waals surface area (Å²) in [6.45, 7) is 5.60. The largest absolute Gasteiger partial charge is 0.398 e.